The molecule has 35 heavy (non-hydrogen) atoms. The summed E-state index contributed by atoms with van der Waals surface area (Å²) in [5.41, 5.74) is 0.557. The molecule has 3 aromatic rings. The molecule has 5 rings (SSSR count). The maximum absolute atomic E-state index is 15.6. The van der Waals surface area contributed by atoms with E-state index < -0.39 is 60.3 Å². The van der Waals surface area contributed by atoms with E-state index in [1.807, 2.05) is 0 Å². The summed E-state index contributed by atoms with van der Waals surface area (Å²) < 4.78 is 74.4. The molecule has 3 atom stereocenters. The predicted molar refractivity (Wildman–Crippen MR) is 120 cm³/mol. The first-order chi connectivity index (χ1) is 16.6. The minimum absolute atomic E-state index is 0.0641. The van der Waals surface area contributed by atoms with Crippen molar-refractivity contribution < 1.29 is 32.2 Å². The lowest BCUT2D eigenvalue weighted by Gasteiger charge is -2.42. The molecule has 0 radical (unpaired) electrons. The predicted octanol–water partition coefficient (Wildman–Crippen LogP) is 3.80. The molecule has 0 aliphatic carbocycles. The van der Waals surface area contributed by atoms with E-state index >= 15 is 8.78 Å². The van der Waals surface area contributed by atoms with Gasteiger partial charge in [-0.05, 0) is 42.7 Å². The number of aliphatic hydroxyl groups is 2. The number of H-pyrrole nitrogens is 1. The maximum Gasteiger partial charge on any atom is 0.283 e. The molecule has 2 aliphatic heterocycles. The molecule has 0 spiro atoms. The number of halogens is 5. The van der Waals surface area contributed by atoms with Gasteiger partial charge in [-0.15, -0.1) is 0 Å². The van der Waals surface area contributed by atoms with Crippen LogP contribution in [-0.4, -0.2) is 58.3 Å². The number of para-hydroxylation sites is 1. The van der Waals surface area contributed by atoms with Gasteiger partial charge in [0.1, 0.15) is 24.1 Å². The van der Waals surface area contributed by atoms with Crippen molar-refractivity contribution in [3.63, 3.8) is 0 Å². The van der Waals surface area contributed by atoms with Crippen LogP contribution in [0.5, 0.6) is 0 Å². The Kier molecular flexibility index (Phi) is 6.11. The highest BCUT2D eigenvalue weighted by Gasteiger charge is 2.44. The molecule has 1 unspecified atom stereocenters. The molecule has 1 aromatic heterocycles. The maximum atomic E-state index is 15.6. The molecule has 0 bridgehead atoms. The van der Waals surface area contributed by atoms with Crippen LogP contribution in [0.4, 0.5) is 22.0 Å². The van der Waals surface area contributed by atoms with Gasteiger partial charge in [0.2, 0.25) is 0 Å². The van der Waals surface area contributed by atoms with Crippen molar-refractivity contribution in [3.05, 3.63) is 70.2 Å². The Bertz CT molecular complexity index is 1240. The largest absolute Gasteiger partial charge is 0.390 e. The summed E-state index contributed by atoms with van der Waals surface area (Å²) in [4.78, 5) is 4.14. The number of alkyl halides is 2. The van der Waals surface area contributed by atoms with Crippen LogP contribution in [-0.2, 0) is 6.42 Å². The van der Waals surface area contributed by atoms with Crippen LogP contribution in [0.25, 0.3) is 10.9 Å². The number of hydrogen-bond acceptors (Lipinski definition) is 4. The van der Waals surface area contributed by atoms with E-state index in [1.165, 1.54) is 17.0 Å². The highest BCUT2D eigenvalue weighted by molar-refractivity contribution is 5.86. The molecule has 0 saturated carbocycles. The number of aliphatic hydroxyl groups excluding tert-OH is 2. The molecule has 0 amide bonds. The normalized spacial score (nSPS) is 22.3. The number of hydrogen-bond donors (Lipinski definition) is 4. The fourth-order valence-corrected chi connectivity index (χ4v) is 5.26. The van der Waals surface area contributed by atoms with Crippen molar-refractivity contribution in [2.24, 2.45) is 5.92 Å². The van der Waals surface area contributed by atoms with Crippen molar-refractivity contribution in [2.75, 3.05) is 26.2 Å². The van der Waals surface area contributed by atoms with Crippen LogP contribution < -0.4 is 5.32 Å². The molecular formula is C25H26F5N3O2. The monoisotopic (exact) mass is 495 g/mol. The molecule has 4 N–H and O–H groups in total. The van der Waals surface area contributed by atoms with Crippen LogP contribution in [0.2, 0.25) is 0 Å². The first kappa shape index (κ1) is 24.2. The van der Waals surface area contributed by atoms with E-state index in [1.54, 1.807) is 13.0 Å². The zero-order valence-electron chi connectivity index (χ0n) is 19.0. The average molecular weight is 495 g/mol. The molecule has 10 heteroatoms. The summed E-state index contributed by atoms with van der Waals surface area (Å²) in [5.74, 6) is -6.26. The summed E-state index contributed by atoms with van der Waals surface area (Å²) in [7, 11) is 0. The van der Waals surface area contributed by atoms with Gasteiger partial charge in [0.25, 0.3) is 5.92 Å². The smallest absolute Gasteiger partial charge is 0.283 e. The molecule has 3 heterocycles. The van der Waals surface area contributed by atoms with E-state index in [9.17, 15) is 23.4 Å². The summed E-state index contributed by atoms with van der Waals surface area (Å²) in [6.45, 7) is 0.298. The van der Waals surface area contributed by atoms with Gasteiger partial charge in [-0.2, -0.15) is 0 Å². The number of fused-ring (bicyclic) bond motifs is 3. The number of nitrogens with one attached hydrogen (secondary N) is 2. The lowest BCUT2D eigenvalue weighted by atomic mass is 9.86. The number of benzene rings is 2. The van der Waals surface area contributed by atoms with E-state index in [-0.39, 0.29) is 29.1 Å². The van der Waals surface area contributed by atoms with Crippen molar-refractivity contribution >= 4 is 10.9 Å². The van der Waals surface area contributed by atoms with Crippen LogP contribution in [0.1, 0.15) is 41.5 Å². The van der Waals surface area contributed by atoms with Gasteiger partial charge in [-0.1, -0.05) is 12.1 Å². The number of nitrogens with zero attached hydrogens (tertiary/aromatic N) is 1. The molecule has 2 aromatic carbocycles. The molecule has 188 valence electrons. The topological polar surface area (TPSA) is 71.5 Å². The first-order valence-electron chi connectivity index (χ1n) is 11.5. The van der Waals surface area contributed by atoms with Gasteiger partial charge in [0.05, 0.1) is 24.2 Å². The second-order valence-corrected chi connectivity index (χ2v) is 9.58. The second kappa shape index (κ2) is 8.85. The number of aromatic nitrogens is 1. The molecule has 1 fully saturated rings. The summed E-state index contributed by atoms with van der Waals surface area (Å²) in [5, 5.41) is 23.2. The van der Waals surface area contributed by atoms with Gasteiger partial charge >= 0.3 is 0 Å². The third-order valence-corrected chi connectivity index (χ3v) is 7.22. The van der Waals surface area contributed by atoms with Gasteiger partial charge in [0.15, 0.2) is 0 Å². The zero-order chi connectivity index (χ0) is 25.1. The van der Waals surface area contributed by atoms with Crippen LogP contribution in [0.15, 0.2) is 30.3 Å². The Hall–Kier alpha value is -2.53. The van der Waals surface area contributed by atoms with Gasteiger partial charge in [-0.25, -0.2) is 22.0 Å². The molecule has 5 nitrogen and oxygen atoms in total. The Morgan fingerprint density at radius 2 is 1.80 bits per heavy atom. The minimum Gasteiger partial charge on any atom is -0.390 e. The fourth-order valence-electron chi connectivity index (χ4n) is 5.26. The molecular weight excluding hydrogens is 469 g/mol. The van der Waals surface area contributed by atoms with Crippen LogP contribution in [0, 0.1) is 23.4 Å². The Balaban J connectivity index is 1.68. The number of aromatic amines is 1. The van der Waals surface area contributed by atoms with E-state index in [0.29, 0.717) is 24.0 Å². The lowest BCUT2D eigenvalue weighted by Crippen LogP contribution is -2.49. The van der Waals surface area contributed by atoms with Crippen molar-refractivity contribution in [3.8, 4) is 0 Å². The zero-order valence-corrected chi connectivity index (χ0v) is 19.0. The Morgan fingerprint density at radius 3 is 2.40 bits per heavy atom. The van der Waals surface area contributed by atoms with Crippen molar-refractivity contribution in [2.45, 2.75) is 37.5 Å². The molecule has 1 saturated heterocycles. The van der Waals surface area contributed by atoms with Crippen LogP contribution >= 0.6 is 0 Å². The average Bonchev–Trinajstić information content (AvgIpc) is 3.13. The van der Waals surface area contributed by atoms with Crippen molar-refractivity contribution in [1.82, 2.24) is 15.2 Å². The minimum atomic E-state index is -3.53. The number of rotatable bonds is 6. The van der Waals surface area contributed by atoms with Gasteiger partial charge in [0, 0.05) is 41.7 Å². The quantitative estimate of drug-likeness (QED) is 0.393. The Morgan fingerprint density at radius 1 is 1.11 bits per heavy atom. The van der Waals surface area contributed by atoms with Gasteiger partial charge < -0.3 is 20.5 Å². The van der Waals surface area contributed by atoms with E-state index in [2.05, 4.69) is 10.3 Å². The third-order valence-electron chi connectivity index (χ3n) is 7.22. The van der Waals surface area contributed by atoms with E-state index in [4.69, 9.17) is 0 Å². The second-order valence-electron chi connectivity index (χ2n) is 9.58. The van der Waals surface area contributed by atoms with Gasteiger partial charge in [-0.3, -0.25) is 4.90 Å². The Labute approximate surface area is 198 Å². The highest BCUT2D eigenvalue weighted by Crippen LogP contribution is 2.44. The van der Waals surface area contributed by atoms with Crippen LogP contribution in [0.3, 0.4) is 0 Å². The van der Waals surface area contributed by atoms with Crippen molar-refractivity contribution in [1.29, 1.82) is 0 Å². The fraction of sp³-hybridized carbons (Fsp3) is 0.440. The molecule has 2 aliphatic rings. The standard InChI is InChI=1S/C25H26F5N3O2/c1-12-5-16-15-3-2-4-17(26)21(15)32-22(16)23(33(12)10-25(29,30)11-34)20-18(27)6-13(7-19(20)28)24(35)14-8-31-9-14/h2-4,6-7,12,14,23-24,31-32,34-35H,5,8-11H2,1H3/t12-,23-,24?/m0/s1. The summed E-state index contributed by atoms with van der Waals surface area (Å²) in [6.07, 6.45) is -0.835. The summed E-state index contributed by atoms with van der Waals surface area (Å²) >= 11 is 0. The third kappa shape index (κ3) is 4.12. The first-order valence-corrected chi connectivity index (χ1v) is 11.5. The SMILES string of the molecule is C[C@H]1Cc2c([nH]c3c(F)cccc23)[C@H](c2c(F)cc(C(O)C3CNC3)cc2F)N1CC(F)(F)CO. The lowest BCUT2D eigenvalue weighted by molar-refractivity contribution is -0.0869. The van der Waals surface area contributed by atoms with E-state index in [0.717, 1.165) is 12.1 Å². The highest BCUT2D eigenvalue weighted by atomic mass is 19.3. The summed E-state index contributed by atoms with van der Waals surface area (Å²) in [6, 6.07) is 4.58.